The quantitative estimate of drug-likeness (QED) is 0.677. The molecule has 0 aliphatic carbocycles. The second kappa shape index (κ2) is 6.27. The van der Waals surface area contributed by atoms with Crippen LogP contribution >= 0.6 is 11.3 Å². The van der Waals surface area contributed by atoms with Gasteiger partial charge in [0.05, 0.1) is 5.69 Å². The van der Waals surface area contributed by atoms with Gasteiger partial charge in [-0.25, -0.2) is 4.79 Å². The van der Waals surface area contributed by atoms with Crippen LogP contribution in [0, 0.1) is 13.8 Å². The summed E-state index contributed by atoms with van der Waals surface area (Å²) < 4.78 is 5.19. The van der Waals surface area contributed by atoms with Crippen molar-refractivity contribution in [1.82, 2.24) is 4.98 Å². The number of hydrogen-bond donors (Lipinski definition) is 1. The van der Waals surface area contributed by atoms with E-state index in [1.54, 1.807) is 31.4 Å². The molecule has 5 nitrogen and oxygen atoms in total. The van der Waals surface area contributed by atoms with E-state index in [1.807, 2.05) is 0 Å². The Labute approximate surface area is 132 Å². The summed E-state index contributed by atoms with van der Waals surface area (Å²) in [7, 11) is 0. The predicted molar refractivity (Wildman–Crippen MR) is 83.8 cm³/mol. The number of carbonyl (C=O) groups excluding carboxylic acids is 3. The summed E-state index contributed by atoms with van der Waals surface area (Å²) >= 11 is 1.26. The summed E-state index contributed by atoms with van der Waals surface area (Å²) in [6, 6.07) is 3.38. The molecule has 0 aliphatic heterocycles. The van der Waals surface area contributed by atoms with Crippen molar-refractivity contribution < 1.29 is 19.1 Å². The summed E-state index contributed by atoms with van der Waals surface area (Å²) in [5.74, 6) is -0.977. The first-order chi connectivity index (χ1) is 10.3. The van der Waals surface area contributed by atoms with E-state index in [0.717, 1.165) is 0 Å². The molecule has 1 atom stereocenters. The van der Waals surface area contributed by atoms with E-state index in [-0.39, 0.29) is 11.6 Å². The second-order valence-electron chi connectivity index (χ2n) is 5.07. The Bertz CT molecular complexity index is 728. The number of hydrogen-bond acceptors (Lipinski definition) is 5. The van der Waals surface area contributed by atoms with Crippen LogP contribution < -0.4 is 0 Å². The van der Waals surface area contributed by atoms with Crippen LogP contribution in [0.2, 0.25) is 0 Å². The lowest BCUT2D eigenvalue weighted by Crippen LogP contribution is -2.25. The number of thiophene rings is 1. The minimum atomic E-state index is -0.925. The third-order valence-electron chi connectivity index (χ3n) is 3.41. The van der Waals surface area contributed by atoms with Gasteiger partial charge >= 0.3 is 5.97 Å². The van der Waals surface area contributed by atoms with Crippen LogP contribution in [0.5, 0.6) is 0 Å². The molecule has 0 unspecified atom stereocenters. The topological polar surface area (TPSA) is 76.2 Å². The highest BCUT2D eigenvalue weighted by Crippen LogP contribution is 2.21. The van der Waals surface area contributed by atoms with Crippen molar-refractivity contribution in [1.29, 1.82) is 0 Å². The molecule has 0 bridgehead atoms. The fourth-order valence-electron chi connectivity index (χ4n) is 2.39. The summed E-state index contributed by atoms with van der Waals surface area (Å²) in [5.41, 5.74) is 2.06. The molecular weight excluding hydrogens is 302 g/mol. The van der Waals surface area contributed by atoms with Gasteiger partial charge in [0.2, 0.25) is 5.78 Å². The van der Waals surface area contributed by atoms with Gasteiger partial charge in [0, 0.05) is 11.3 Å². The minimum Gasteiger partial charge on any atom is -0.450 e. The highest BCUT2D eigenvalue weighted by Gasteiger charge is 2.26. The molecule has 0 fully saturated rings. The van der Waals surface area contributed by atoms with E-state index < -0.39 is 12.1 Å². The number of nitrogens with one attached hydrogen (secondary N) is 1. The molecule has 1 N–H and O–H groups in total. The molecule has 0 amide bonds. The fourth-order valence-corrected chi connectivity index (χ4v) is 3.00. The number of esters is 1. The first kappa shape index (κ1) is 16.2. The average molecular weight is 319 g/mol. The maximum Gasteiger partial charge on any atom is 0.349 e. The van der Waals surface area contributed by atoms with Crippen LogP contribution in [0.25, 0.3) is 0 Å². The van der Waals surface area contributed by atoms with Crippen LogP contribution in [0.4, 0.5) is 0 Å². The Morgan fingerprint density at radius 3 is 2.45 bits per heavy atom. The zero-order valence-corrected chi connectivity index (χ0v) is 13.7. The van der Waals surface area contributed by atoms with Crippen molar-refractivity contribution in [3.8, 4) is 0 Å². The third kappa shape index (κ3) is 3.01. The lowest BCUT2D eigenvalue weighted by atomic mass is 10.0. The van der Waals surface area contributed by atoms with E-state index in [1.165, 1.54) is 25.2 Å². The van der Waals surface area contributed by atoms with Gasteiger partial charge in [-0.1, -0.05) is 6.07 Å². The standard InChI is InChI=1S/C16H17NO4S/c1-8-13(10(3)18)9(2)17-14(8)15(19)11(4)21-16(20)12-6-5-7-22-12/h5-7,11,17H,1-4H3/t11-/m0/s1. The average Bonchev–Trinajstić information content (AvgIpc) is 3.05. The van der Waals surface area contributed by atoms with Crippen molar-refractivity contribution in [2.75, 3.05) is 0 Å². The molecule has 0 saturated heterocycles. The molecule has 22 heavy (non-hydrogen) atoms. The molecule has 2 aromatic heterocycles. The van der Waals surface area contributed by atoms with Crippen molar-refractivity contribution in [3.63, 3.8) is 0 Å². The number of ketones is 2. The molecule has 2 rings (SSSR count). The first-order valence-electron chi connectivity index (χ1n) is 6.81. The molecule has 0 radical (unpaired) electrons. The van der Waals surface area contributed by atoms with Crippen LogP contribution in [-0.4, -0.2) is 28.6 Å². The fraction of sp³-hybridized carbons (Fsp3) is 0.312. The number of aromatic nitrogens is 1. The molecule has 0 saturated carbocycles. The monoisotopic (exact) mass is 319 g/mol. The van der Waals surface area contributed by atoms with Crippen molar-refractivity contribution in [3.05, 3.63) is 44.9 Å². The molecule has 0 spiro atoms. The van der Waals surface area contributed by atoms with Gasteiger partial charge in [-0.15, -0.1) is 11.3 Å². The summed E-state index contributed by atoms with van der Waals surface area (Å²) in [6.07, 6.45) is -0.925. The van der Waals surface area contributed by atoms with Gasteiger partial charge in [-0.2, -0.15) is 0 Å². The van der Waals surface area contributed by atoms with E-state index in [9.17, 15) is 14.4 Å². The number of H-pyrrole nitrogens is 1. The number of aryl methyl sites for hydroxylation is 1. The van der Waals surface area contributed by atoms with Crippen molar-refractivity contribution >= 4 is 28.9 Å². The van der Waals surface area contributed by atoms with Gasteiger partial charge < -0.3 is 9.72 Å². The largest absolute Gasteiger partial charge is 0.450 e. The summed E-state index contributed by atoms with van der Waals surface area (Å²) in [5, 5.41) is 1.76. The van der Waals surface area contributed by atoms with Crippen molar-refractivity contribution in [2.45, 2.75) is 33.8 Å². The zero-order valence-electron chi connectivity index (χ0n) is 12.9. The molecular formula is C16H17NO4S. The van der Waals surface area contributed by atoms with E-state index in [4.69, 9.17) is 4.74 Å². The molecule has 116 valence electrons. The summed E-state index contributed by atoms with van der Waals surface area (Å²) in [6.45, 7) is 6.43. The first-order valence-corrected chi connectivity index (χ1v) is 7.69. The number of rotatable bonds is 5. The Kier molecular flexibility index (Phi) is 4.61. The van der Waals surface area contributed by atoms with Gasteiger partial charge in [0.1, 0.15) is 4.88 Å². The lowest BCUT2D eigenvalue weighted by molar-refractivity contribution is 0.0321. The molecule has 2 aromatic rings. The number of ether oxygens (including phenoxy) is 1. The molecule has 2 heterocycles. The Morgan fingerprint density at radius 1 is 1.27 bits per heavy atom. The second-order valence-corrected chi connectivity index (χ2v) is 6.02. The lowest BCUT2D eigenvalue weighted by Gasteiger charge is -2.11. The van der Waals surface area contributed by atoms with Gasteiger partial charge in [0.25, 0.3) is 0 Å². The van der Waals surface area contributed by atoms with Crippen LogP contribution in [-0.2, 0) is 4.74 Å². The molecule has 0 aliphatic rings. The number of Topliss-reactive ketones (excluding diaryl/α,β-unsaturated/α-hetero) is 2. The maximum absolute atomic E-state index is 12.4. The van der Waals surface area contributed by atoms with Crippen LogP contribution in [0.15, 0.2) is 17.5 Å². The van der Waals surface area contributed by atoms with E-state index in [0.29, 0.717) is 27.4 Å². The molecule has 0 aromatic carbocycles. The highest BCUT2D eigenvalue weighted by molar-refractivity contribution is 7.11. The number of carbonyl (C=O) groups is 3. The van der Waals surface area contributed by atoms with Crippen molar-refractivity contribution in [2.24, 2.45) is 0 Å². The normalized spacial score (nSPS) is 12.0. The van der Waals surface area contributed by atoms with Gasteiger partial charge in [-0.05, 0) is 44.7 Å². The predicted octanol–water partition coefficient (Wildman–Crippen LogP) is 3.32. The minimum absolute atomic E-state index is 0.103. The summed E-state index contributed by atoms with van der Waals surface area (Å²) in [4.78, 5) is 39.3. The van der Waals surface area contributed by atoms with E-state index in [2.05, 4.69) is 4.98 Å². The Balaban J connectivity index is 2.19. The van der Waals surface area contributed by atoms with Gasteiger partial charge in [0.15, 0.2) is 11.9 Å². The van der Waals surface area contributed by atoms with Crippen LogP contribution in [0.3, 0.4) is 0 Å². The zero-order chi connectivity index (χ0) is 16.4. The van der Waals surface area contributed by atoms with Crippen LogP contribution in [0.1, 0.15) is 55.6 Å². The third-order valence-corrected chi connectivity index (χ3v) is 4.26. The maximum atomic E-state index is 12.4. The Morgan fingerprint density at radius 2 is 1.95 bits per heavy atom. The highest BCUT2D eigenvalue weighted by atomic mass is 32.1. The number of aromatic amines is 1. The smallest absolute Gasteiger partial charge is 0.349 e. The van der Waals surface area contributed by atoms with Gasteiger partial charge in [-0.3, -0.25) is 9.59 Å². The Hall–Kier alpha value is -2.21. The van der Waals surface area contributed by atoms with E-state index >= 15 is 0 Å². The molecule has 6 heteroatoms. The SMILES string of the molecule is CC(=O)c1c(C)[nH]c(C(=O)[C@H](C)OC(=O)c2cccs2)c1C.